The van der Waals surface area contributed by atoms with Crippen LogP contribution < -0.4 is 4.74 Å². The first-order valence-electron chi connectivity index (χ1n) is 10.6. The van der Waals surface area contributed by atoms with Gasteiger partial charge < -0.3 is 14.7 Å². The number of carbonyl (C=O) groups excluding carboxylic acids is 1. The molecule has 0 radical (unpaired) electrons. The first kappa shape index (κ1) is 23.9. The number of rotatable bonds is 7. The largest absolute Gasteiger partial charge is 0.487 e. The van der Waals surface area contributed by atoms with Crippen LogP contribution in [0.3, 0.4) is 0 Å². The molecule has 8 heteroatoms. The minimum Gasteiger partial charge on any atom is -0.487 e. The molecule has 0 fully saturated rings. The van der Waals surface area contributed by atoms with Gasteiger partial charge in [-0.1, -0.05) is 40.2 Å². The van der Waals surface area contributed by atoms with Crippen molar-refractivity contribution in [2.75, 3.05) is 6.54 Å². The standard InChI is InChI=1S/C26H22BrF2NO4/c1-26(12-17-4-2-3-5-21(17)28)13-19-10-16(7-9-23(19)34-26)25(33)30(15-24(31)32)14-18-6-8-20(27)11-22(18)29/h2-11H,12-15H2,1H3,(H,31,32). The minimum atomic E-state index is -1.20. The number of amides is 1. The van der Waals surface area contributed by atoms with Crippen molar-refractivity contribution >= 4 is 27.8 Å². The Kier molecular flexibility index (Phi) is 6.70. The van der Waals surface area contributed by atoms with E-state index < -0.39 is 29.8 Å². The van der Waals surface area contributed by atoms with Crippen molar-refractivity contribution < 1.29 is 28.2 Å². The lowest BCUT2D eigenvalue weighted by molar-refractivity contribution is -0.137. The summed E-state index contributed by atoms with van der Waals surface area (Å²) in [6.45, 7) is 1.11. The van der Waals surface area contributed by atoms with Gasteiger partial charge in [0.25, 0.3) is 5.91 Å². The fourth-order valence-electron chi connectivity index (χ4n) is 4.20. The molecule has 5 nitrogen and oxygen atoms in total. The molecule has 176 valence electrons. The third kappa shape index (κ3) is 5.28. The highest BCUT2D eigenvalue weighted by atomic mass is 79.9. The Morgan fingerprint density at radius 1 is 1.06 bits per heavy atom. The molecule has 1 aliphatic rings. The summed E-state index contributed by atoms with van der Waals surface area (Å²) in [6, 6.07) is 15.8. The normalized spacial score (nSPS) is 16.6. The van der Waals surface area contributed by atoms with Gasteiger partial charge in [0.2, 0.25) is 0 Å². The zero-order valence-corrected chi connectivity index (χ0v) is 19.9. The zero-order chi connectivity index (χ0) is 24.5. The van der Waals surface area contributed by atoms with E-state index in [0.717, 1.165) is 10.5 Å². The second kappa shape index (κ2) is 9.54. The van der Waals surface area contributed by atoms with Crippen molar-refractivity contribution in [1.82, 2.24) is 4.90 Å². The van der Waals surface area contributed by atoms with Crippen molar-refractivity contribution in [3.05, 3.63) is 99.0 Å². The molecule has 3 aromatic rings. The fraction of sp³-hybridized carbons (Fsp3) is 0.231. The van der Waals surface area contributed by atoms with Gasteiger partial charge in [0.15, 0.2) is 0 Å². The smallest absolute Gasteiger partial charge is 0.323 e. The summed E-state index contributed by atoms with van der Waals surface area (Å²) in [5, 5.41) is 9.31. The molecule has 34 heavy (non-hydrogen) atoms. The first-order valence-corrected chi connectivity index (χ1v) is 11.4. The summed E-state index contributed by atoms with van der Waals surface area (Å²) < 4.78 is 35.1. The van der Waals surface area contributed by atoms with Gasteiger partial charge >= 0.3 is 5.97 Å². The Morgan fingerprint density at radius 3 is 2.53 bits per heavy atom. The number of carboxylic acids is 1. The Balaban J connectivity index is 1.55. The molecule has 1 atom stereocenters. The van der Waals surface area contributed by atoms with E-state index in [9.17, 15) is 23.5 Å². The van der Waals surface area contributed by atoms with Gasteiger partial charge in [-0.05, 0) is 54.4 Å². The van der Waals surface area contributed by atoms with Crippen LogP contribution in [0.2, 0.25) is 0 Å². The van der Waals surface area contributed by atoms with E-state index in [-0.39, 0.29) is 23.5 Å². The molecular weight excluding hydrogens is 508 g/mol. The number of ether oxygens (including phenoxy) is 1. The van der Waals surface area contributed by atoms with Gasteiger partial charge in [0.05, 0.1) is 0 Å². The third-order valence-electron chi connectivity index (χ3n) is 5.74. The lowest BCUT2D eigenvalue weighted by Gasteiger charge is -2.24. The molecule has 0 aromatic heterocycles. The summed E-state index contributed by atoms with van der Waals surface area (Å²) in [4.78, 5) is 25.7. The number of hydrogen-bond acceptors (Lipinski definition) is 3. The van der Waals surface area contributed by atoms with Crippen LogP contribution in [0, 0.1) is 11.6 Å². The molecular formula is C26H22BrF2NO4. The quantitative estimate of drug-likeness (QED) is 0.445. The molecule has 1 heterocycles. The van der Waals surface area contributed by atoms with Crippen LogP contribution in [-0.4, -0.2) is 34.0 Å². The Hall–Kier alpha value is -3.26. The van der Waals surface area contributed by atoms with Crippen LogP contribution in [0.4, 0.5) is 8.78 Å². The Labute approximate surface area is 204 Å². The number of aliphatic carboxylic acids is 1. The van der Waals surface area contributed by atoms with Crippen molar-refractivity contribution in [1.29, 1.82) is 0 Å². The molecule has 4 rings (SSSR count). The average Bonchev–Trinajstić information content (AvgIpc) is 3.11. The molecule has 1 unspecified atom stereocenters. The highest BCUT2D eigenvalue weighted by Gasteiger charge is 2.36. The van der Waals surface area contributed by atoms with E-state index in [4.69, 9.17) is 4.74 Å². The summed E-state index contributed by atoms with van der Waals surface area (Å²) in [5.74, 6) is -1.98. The van der Waals surface area contributed by atoms with Crippen molar-refractivity contribution in [3.8, 4) is 5.75 Å². The summed E-state index contributed by atoms with van der Waals surface area (Å²) in [6.07, 6.45) is 0.809. The predicted molar refractivity (Wildman–Crippen MR) is 126 cm³/mol. The lowest BCUT2D eigenvalue weighted by atomic mass is 9.91. The number of halogens is 3. The summed E-state index contributed by atoms with van der Waals surface area (Å²) in [7, 11) is 0. The molecule has 1 amide bonds. The number of carbonyl (C=O) groups is 2. The third-order valence-corrected chi connectivity index (χ3v) is 6.23. The van der Waals surface area contributed by atoms with E-state index >= 15 is 0 Å². The Bertz CT molecular complexity index is 1270. The molecule has 1 aliphatic heterocycles. The van der Waals surface area contributed by atoms with E-state index in [2.05, 4.69) is 15.9 Å². The van der Waals surface area contributed by atoms with Crippen molar-refractivity contribution in [2.24, 2.45) is 0 Å². The van der Waals surface area contributed by atoms with Gasteiger partial charge in [-0.2, -0.15) is 0 Å². The maximum absolute atomic E-state index is 14.3. The second-order valence-electron chi connectivity index (χ2n) is 8.61. The van der Waals surface area contributed by atoms with Crippen LogP contribution in [0.25, 0.3) is 0 Å². The second-order valence-corrected chi connectivity index (χ2v) is 9.53. The molecule has 0 bridgehead atoms. The SMILES string of the molecule is CC1(Cc2ccccc2F)Cc2cc(C(=O)N(CC(=O)O)Cc3ccc(Br)cc3F)ccc2O1. The zero-order valence-electron chi connectivity index (χ0n) is 18.4. The fourth-order valence-corrected chi connectivity index (χ4v) is 4.53. The molecule has 1 N–H and O–H groups in total. The highest BCUT2D eigenvalue weighted by Crippen LogP contribution is 2.38. The monoisotopic (exact) mass is 529 g/mol. The number of carboxylic acid groups (broad SMARTS) is 1. The predicted octanol–water partition coefficient (Wildman–Crippen LogP) is 5.39. The van der Waals surface area contributed by atoms with Crippen LogP contribution in [-0.2, 0) is 24.2 Å². The summed E-state index contributed by atoms with van der Waals surface area (Å²) in [5.41, 5.74) is 1.11. The molecule has 0 aliphatic carbocycles. The molecule has 0 saturated heterocycles. The van der Waals surface area contributed by atoms with E-state index in [0.29, 0.717) is 28.6 Å². The maximum Gasteiger partial charge on any atom is 0.323 e. The van der Waals surface area contributed by atoms with Crippen LogP contribution in [0.5, 0.6) is 5.75 Å². The Morgan fingerprint density at radius 2 is 1.82 bits per heavy atom. The number of hydrogen-bond donors (Lipinski definition) is 1. The highest BCUT2D eigenvalue weighted by molar-refractivity contribution is 9.10. The van der Waals surface area contributed by atoms with E-state index in [1.165, 1.54) is 18.2 Å². The first-order chi connectivity index (χ1) is 16.1. The van der Waals surface area contributed by atoms with Crippen molar-refractivity contribution in [3.63, 3.8) is 0 Å². The lowest BCUT2D eigenvalue weighted by Crippen LogP contribution is -2.35. The molecule has 0 spiro atoms. The number of benzene rings is 3. The van der Waals surface area contributed by atoms with Gasteiger partial charge in [0.1, 0.15) is 29.5 Å². The van der Waals surface area contributed by atoms with E-state index in [1.807, 2.05) is 6.92 Å². The van der Waals surface area contributed by atoms with Crippen LogP contribution >= 0.6 is 15.9 Å². The number of fused-ring (bicyclic) bond motifs is 1. The van der Waals surface area contributed by atoms with Gasteiger partial charge in [-0.25, -0.2) is 8.78 Å². The van der Waals surface area contributed by atoms with Gasteiger partial charge in [0, 0.05) is 35.0 Å². The van der Waals surface area contributed by atoms with Gasteiger partial charge in [-0.15, -0.1) is 0 Å². The minimum absolute atomic E-state index is 0.192. The van der Waals surface area contributed by atoms with Crippen LogP contribution in [0.1, 0.15) is 34.0 Å². The molecule has 0 saturated carbocycles. The van der Waals surface area contributed by atoms with Gasteiger partial charge in [-0.3, -0.25) is 9.59 Å². The maximum atomic E-state index is 14.3. The topological polar surface area (TPSA) is 66.8 Å². The average molecular weight is 530 g/mol. The van der Waals surface area contributed by atoms with E-state index in [1.54, 1.807) is 42.5 Å². The summed E-state index contributed by atoms with van der Waals surface area (Å²) >= 11 is 3.18. The van der Waals surface area contributed by atoms with Crippen molar-refractivity contribution in [2.45, 2.75) is 31.9 Å². The molecule has 3 aromatic carbocycles. The number of nitrogens with zero attached hydrogens (tertiary/aromatic N) is 1. The van der Waals surface area contributed by atoms with Crippen LogP contribution in [0.15, 0.2) is 65.1 Å².